The predicted octanol–water partition coefficient (Wildman–Crippen LogP) is 4.18. The zero-order valence-electron chi connectivity index (χ0n) is 14.5. The molecule has 0 bridgehead atoms. The van der Waals surface area contributed by atoms with Gasteiger partial charge in [0, 0.05) is 25.2 Å². The van der Waals surface area contributed by atoms with E-state index in [0.717, 1.165) is 26.1 Å². The van der Waals surface area contributed by atoms with E-state index in [1.54, 1.807) is 0 Å². The van der Waals surface area contributed by atoms with Gasteiger partial charge in [-0.1, -0.05) is 67.6 Å². The van der Waals surface area contributed by atoms with Gasteiger partial charge in [-0.2, -0.15) is 0 Å². The van der Waals surface area contributed by atoms with Crippen LogP contribution in [0.2, 0.25) is 0 Å². The van der Waals surface area contributed by atoms with E-state index in [9.17, 15) is 0 Å². The summed E-state index contributed by atoms with van der Waals surface area (Å²) < 4.78 is 0. The standard InChI is InChI=1S/C21H28N2/c1-4-20(2)17-23(15-18-11-7-5-8-12-18)21(3,16-22-20)19-13-9-6-10-14-19/h5-14,22H,4,15-17H2,1-3H3. The number of nitrogens with zero attached hydrogens (tertiary/aromatic N) is 1. The minimum atomic E-state index is 0.0196. The van der Waals surface area contributed by atoms with Crippen LogP contribution in [-0.2, 0) is 12.1 Å². The molecular weight excluding hydrogens is 280 g/mol. The lowest BCUT2D eigenvalue weighted by molar-refractivity contribution is 0.00990. The third kappa shape index (κ3) is 3.34. The largest absolute Gasteiger partial charge is 0.308 e. The van der Waals surface area contributed by atoms with Crippen molar-refractivity contribution >= 4 is 0 Å². The Balaban J connectivity index is 1.93. The van der Waals surface area contributed by atoms with Crippen molar-refractivity contribution in [3.63, 3.8) is 0 Å². The highest BCUT2D eigenvalue weighted by Gasteiger charge is 2.42. The molecule has 2 atom stereocenters. The second-order valence-corrected chi connectivity index (χ2v) is 7.25. The van der Waals surface area contributed by atoms with Gasteiger partial charge in [0.15, 0.2) is 0 Å². The summed E-state index contributed by atoms with van der Waals surface area (Å²) in [5, 5.41) is 3.81. The number of hydrogen-bond acceptors (Lipinski definition) is 2. The van der Waals surface area contributed by atoms with Gasteiger partial charge in [0.25, 0.3) is 0 Å². The number of benzene rings is 2. The number of nitrogens with one attached hydrogen (secondary N) is 1. The lowest BCUT2D eigenvalue weighted by atomic mass is 9.82. The van der Waals surface area contributed by atoms with E-state index in [1.165, 1.54) is 11.1 Å². The minimum Gasteiger partial charge on any atom is -0.308 e. The normalized spacial score (nSPS) is 28.7. The van der Waals surface area contributed by atoms with Gasteiger partial charge in [0.2, 0.25) is 0 Å². The summed E-state index contributed by atoms with van der Waals surface area (Å²) in [7, 11) is 0. The third-order valence-electron chi connectivity index (χ3n) is 5.49. The van der Waals surface area contributed by atoms with Gasteiger partial charge in [0.1, 0.15) is 0 Å². The van der Waals surface area contributed by atoms with Crippen molar-refractivity contribution in [2.24, 2.45) is 0 Å². The smallest absolute Gasteiger partial charge is 0.0561 e. The first kappa shape index (κ1) is 16.2. The average Bonchev–Trinajstić information content (AvgIpc) is 2.60. The molecule has 0 amide bonds. The van der Waals surface area contributed by atoms with Gasteiger partial charge in [-0.25, -0.2) is 0 Å². The van der Waals surface area contributed by atoms with E-state index in [1.807, 2.05) is 0 Å². The zero-order chi connectivity index (χ0) is 16.3. The van der Waals surface area contributed by atoms with Gasteiger partial charge < -0.3 is 5.32 Å². The van der Waals surface area contributed by atoms with E-state index >= 15 is 0 Å². The van der Waals surface area contributed by atoms with Crippen molar-refractivity contribution in [2.45, 2.75) is 44.8 Å². The summed E-state index contributed by atoms with van der Waals surface area (Å²) in [5.74, 6) is 0. The highest BCUT2D eigenvalue weighted by molar-refractivity contribution is 5.27. The molecule has 1 heterocycles. The van der Waals surface area contributed by atoms with Crippen molar-refractivity contribution in [1.82, 2.24) is 10.2 Å². The van der Waals surface area contributed by atoms with Gasteiger partial charge in [-0.3, -0.25) is 4.90 Å². The molecule has 1 aliphatic heterocycles. The molecule has 1 aliphatic rings. The maximum absolute atomic E-state index is 3.81. The summed E-state index contributed by atoms with van der Waals surface area (Å²) in [5.41, 5.74) is 2.98. The van der Waals surface area contributed by atoms with Gasteiger partial charge in [0.05, 0.1) is 5.54 Å². The van der Waals surface area contributed by atoms with E-state index in [4.69, 9.17) is 0 Å². The molecule has 0 aliphatic carbocycles. The Morgan fingerprint density at radius 1 is 0.957 bits per heavy atom. The molecule has 0 saturated carbocycles. The molecule has 2 unspecified atom stereocenters. The summed E-state index contributed by atoms with van der Waals surface area (Å²) in [6.45, 7) is 10.0. The molecule has 0 radical (unpaired) electrons. The fraction of sp³-hybridized carbons (Fsp3) is 0.429. The SMILES string of the molecule is CCC1(C)CN(Cc2ccccc2)C(C)(c2ccccc2)CN1. The summed E-state index contributed by atoms with van der Waals surface area (Å²) in [6.07, 6.45) is 1.14. The van der Waals surface area contributed by atoms with Crippen LogP contribution in [0.5, 0.6) is 0 Å². The second-order valence-electron chi connectivity index (χ2n) is 7.25. The van der Waals surface area contributed by atoms with Crippen LogP contribution in [0.3, 0.4) is 0 Å². The van der Waals surface area contributed by atoms with Crippen molar-refractivity contribution in [1.29, 1.82) is 0 Å². The highest BCUT2D eigenvalue weighted by Crippen LogP contribution is 2.35. The highest BCUT2D eigenvalue weighted by atomic mass is 15.3. The molecular formula is C21H28N2. The second kappa shape index (κ2) is 6.46. The van der Waals surface area contributed by atoms with Crippen molar-refractivity contribution in [2.75, 3.05) is 13.1 Å². The molecule has 2 aromatic carbocycles. The number of hydrogen-bond donors (Lipinski definition) is 1. The molecule has 3 rings (SSSR count). The topological polar surface area (TPSA) is 15.3 Å². The minimum absolute atomic E-state index is 0.0196. The van der Waals surface area contributed by atoms with Crippen LogP contribution in [0.1, 0.15) is 38.3 Å². The van der Waals surface area contributed by atoms with Gasteiger partial charge in [-0.15, -0.1) is 0 Å². The van der Waals surface area contributed by atoms with Crippen molar-refractivity contribution < 1.29 is 0 Å². The van der Waals surface area contributed by atoms with Crippen LogP contribution in [0.4, 0.5) is 0 Å². The fourth-order valence-electron chi connectivity index (χ4n) is 3.50. The maximum atomic E-state index is 3.81. The van der Waals surface area contributed by atoms with E-state index < -0.39 is 0 Å². The monoisotopic (exact) mass is 308 g/mol. The number of rotatable bonds is 4. The Hall–Kier alpha value is -1.64. The summed E-state index contributed by atoms with van der Waals surface area (Å²) in [4.78, 5) is 2.65. The Morgan fingerprint density at radius 2 is 1.57 bits per heavy atom. The van der Waals surface area contributed by atoms with E-state index in [-0.39, 0.29) is 11.1 Å². The molecule has 1 N–H and O–H groups in total. The Labute approximate surface area is 140 Å². The molecule has 23 heavy (non-hydrogen) atoms. The Morgan fingerprint density at radius 3 is 2.17 bits per heavy atom. The first-order chi connectivity index (χ1) is 11.1. The van der Waals surface area contributed by atoms with Crippen LogP contribution in [-0.4, -0.2) is 23.5 Å². The van der Waals surface area contributed by atoms with Crippen LogP contribution in [0.15, 0.2) is 60.7 Å². The van der Waals surface area contributed by atoms with E-state index in [2.05, 4.69) is 91.7 Å². The van der Waals surface area contributed by atoms with Crippen LogP contribution >= 0.6 is 0 Å². The molecule has 122 valence electrons. The van der Waals surface area contributed by atoms with Crippen LogP contribution in [0.25, 0.3) is 0 Å². The molecule has 0 spiro atoms. The molecule has 1 fully saturated rings. The molecule has 1 saturated heterocycles. The summed E-state index contributed by atoms with van der Waals surface area (Å²) in [6, 6.07) is 21.7. The summed E-state index contributed by atoms with van der Waals surface area (Å²) >= 11 is 0. The third-order valence-corrected chi connectivity index (χ3v) is 5.49. The van der Waals surface area contributed by atoms with Gasteiger partial charge >= 0.3 is 0 Å². The van der Waals surface area contributed by atoms with E-state index in [0.29, 0.717) is 0 Å². The van der Waals surface area contributed by atoms with Crippen molar-refractivity contribution in [3.05, 3.63) is 71.8 Å². The number of piperazine rings is 1. The van der Waals surface area contributed by atoms with Crippen molar-refractivity contribution in [3.8, 4) is 0 Å². The first-order valence-corrected chi connectivity index (χ1v) is 8.65. The molecule has 2 heteroatoms. The zero-order valence-corrected chi connectivity index (χ0v) is 14.5. The molecule has 2 nitrogen and oxygen atoms in total. The van der Waals surface area contributed by atoms with Gasteiger partial charge in [-0.05, 0) is 31.4 Å². The molecule has 0 aromatic heterocycles. The Bertz CT molecular complexity index is 625. The fourth-order valence-corrected chi connectivity index (χ4v) is 3.50. The predicted molar refractivity (Wildman–Crippen MR) is 97.3 cm³/mol. The van der Waals surface area contributed by atoms with Crippen LogP contribution in [0, 0.1) is 0 Å². The molecule has 2 aromatic rings. The quantitative estimate of drug-likeness (QED) is 0.911. The van der Waals surface area contributed by atoms with Crippen LogP contribution < -0.4 is 5.32 Å². The lowest BCUT2D eigenvalue weighted by Crippen LogP contribution is -2.66. The lowest BCUT2D eigenvalue weighted by Gasteiger charge is -2.52. The Kier molecular flexibility index (Phi) is 4.56. The average molecular weight is 308 g/mol. The maximum Gasteiger partial charge on any atom is 0.0561 e. The first-order valence-electron chi connectivity index (χ1n) is 8.65.